The number of hydrogen-bond donors (Lipinski definition) is 1. The van der Waals surface area contributed by atoms with Gasteiger partial charge in [-0.1, -0.05) is 0 Å². The molecule has 0 aliphatic rings. The van der Waals surface area contributed by atoms with E-state index in [0.717, 1.165) is 0 Å². The standard InChI is InChI=1S/C8H13NOS/c1-3-10-9-7(2)8-4-5-11-6-8/h4-7,9H,3H2,1-2H3. The molecule has 1 atom stereocenters. The van der Waals surface area contributed by atoms with E-state index in [1.54, 1.807) is 11.3 Å². The fraction of sp³-hybridized carbons (Fsp3) is 0.500. The minimum Gasteiger partial charge on any atom is -0.302 e. The topological polar surface area (TPSA) is 21.3 Å². The van der Waals surface area contributed by atoms with Crippen LogP contribution in [0.4, 0.5) is 0 Å². The molecule has 0 saturated carbocycles. The summed E-state index contributed by atoms with van der Waals surface area (Å²) in [6.07, 6.45) is 0. The van der Waals surface area contributed by atoms with Crippen molar-refractivity contribution >= 4 is 11.3 Å². The molecule has 1 heterocycles. The van der Waals surface area contributed by atoms with Gasteiger partial charge in [-0.3, -0.25) is 0 Å². The van der Waals surface area contributed by atoms with Crippen molar-refractivity contribution in [3.63, 3.8) is 0 Å². The molecule has 1 N–H and O–H groups in total. The van der Waals surface area contributed by atoms with Crippen LogP contribution in [0.5, 0.6) is 0 Å². The van der Waals surface area contributed by atoms with E-state index in [4.69, 9.17) is 4.84 Å². The molecule has 62 valence electrons. The Morgan fingerprint density at radius 1 is 1.73 bits per heavy atom. The van der Waals surface area contributed by atoms with Crippen LogP contribution in [0.2, 0.25) is 0 Å². The predicted molar refractivity (Wildman–Crippen MR) is 47.5 cm³/mol. The zero-order valence-corrected chi connectivity index (χ0v) is 7.65. The van der Waals surface area contributed by atoms with E-state index < -0.39 is 0 Å². The Kier molecular flexibility index (Phi) is 3.56. The summed E-state index contributed by atoms with van der Waals surface area (Å²) in [6, 6.07) is 2.39. The highest BCUT2D eigenvalue weighted by molar-refractivity contribution is 7.07. The quantitative estimate of drug-likeness (QED) is 0.702. The van der Waals surface area contributed by atoms with E-state index >= 15 is 0 Å². The van der Waals surface area contributed by atoms with Crippen molar-refractivity contribution in [1.29, 1.82) is 0 Å². The molecular formula is C8H13NOS. The van der Waals surface area contributed by atoms with E-state index in [0.29, 0.717) is 12.6 Å². The SMILES string of the molecule is CCONC(C)c1ccsc1. The highest BCUT2D eigenvalue weighted by atomic mass is 32.1. The minimum absolute atomic E-state index is 0.293. The number of nitrogens with one attached hydrogen (secondary N) is 1. The zero-order chi connectivity index (χ0) is 8.10. The second-order valence-electron chi connectivity index (χ2n) is 2.33. The van der Waals surface area contributed by atoms with Gasteiger partial charge in [-0.2, -0.15) is 16.8 Å². The molecule has 2 nitrogen and oxygen atoms in total. The van der Waals surface area contributed by atoms with Crippen LogP contribution >= 0.6 is 11.3 Å². The Morgan fingerprint density at radius 3 is 3.09 bits per heavy atom. The lowest BCUT2D eigenvalue weighted by Crippen LogP contribution is -2.18. The summed E-state index contributed by atoms with van der Waals surface area (Å²) in [5, 5.41) is 4.19. The second-order valence-corrected chi connectivity index (χ2v) is 3.11. The number of rotatable bonds is 4. The summed E-state index contributed by atoms with van der Waals surface area (Å²) in [7, 11) is 0. The Bertz CT molecular complexity index is 186. The normalized spacial score (nSPS) is 13.3. The van der Waals surface area contributed by atoms with Gasteiger partial charge in [0, 0.05) is 0 Å². The van der Waals surface area contributed by atoms with Crippen molar-refractivity contribution in [3.05, 3.63) is 22.4 Å². The Morgan fingerprint density at radius 2 is 2.55 bits per heavy atom. The van der Waals surface area contributed by atoms with Crippen LogP contribution in [0.1, 0.15) is 25.5 Å². The van der Waals surface area contributed by atoms with Gasteiger partial charge >= 0.3 is 0 Å². The highest BCUT2D eigenvalue weighted by Gasteiger charge is 2.03. The van der Waals surface area contributed by atoms with Gasteiger partial charge in [0.2, 0.25) is 0 Å². The maximum atomic E-state index is 5.07. The van der Waals surface area contributed by atoms with Crippen molar-refractivity contribution in [2.75, 3.05) is 6.61 Å². The van der Waals surface area contributed by atoms with Gasteiger partial charge in [-0.05, 0) is 36.2 Å². The average Bonchev–Trinajstić information content (AvgIpc) is 2.52. The first-order chi connectivity index (χ1) is 5.34. The number of hydroxylamine groups is 1. The number of thiophene rings is 1. The first kappa shape index (κ1) is 8.71. The average molecular weight is 171 g/mol. The molecule has 0 saturated heterocycles. The Balaban J connectivity index is 2.36. The molecule has 1 rings (SSSR count). The molecule has 0 spiro atoms. The Labute approximate surface area is 71.1 Å². The summed E-state index contributed by atoms with van der Waals surface area (Å²) in [4.78, 5) is 5.07. The van der Waals surface area contributed by atoms with Crippen LogP contribution in [-0.4, -0.2) is 6.61 Å². The molecule has 0 bridgehead atoms. The Hall–Kier alpha value is -0.380. The van der Waals surface area contributed by atoms with Gasteiger partial charge in [0.25, 0.3) is 0 Å². The van der Waals surface area contributed by atoms with E-state index in [1.807, 2.05) is 6.92 Å². The second kappa shape index (κ2) is 4.49. The maximum absolute atomic E-state index is 5.07. The molecule has 0 radical (unpaired) electrons. The smallest absolute Gasteiger partial charge is 0.0654 e. The van der Waals surface area contributed by atoms with Crippen LogP contribution in [-0.2, 0) is 4.84 Å². The van der Waals surface area contributed by atoms with Crippen LogP contribution in [0.3, 0.4) is 0 Å². The first-order valence-electron chi connectivity index (χ1n) is 3.74. The van der Waals surface area contributed by atoms with Gasteiger partial charge in [0.15, 0.2) is 0 Å². The molecule has 1 unspecified atom stereocenters. The van der Waals surface area contributed by atoms with Crippen molar-refractivity contribution in [2.45, 2.75) is 19.9 Å². The fourth-order valence-corrected chi connectivity index (χ4v) is 1.55. The van der Waals surface area contributed by atoms with Crippen molar-refractivity contribution < 1.29 is 4.84 Å². The third-order valence-corrected chi connectivity index (χ3v) is 2.15. The van der Waals surface area contributed by atoms with Gasteiger partial charge in [-0.25, -0.2) is 0 Å². The molecule has 3 heteroatoms. The van der Waals surface area contributed by atoms with E-state index in [9.17, 15) is 0 Å². The van der Waals surface area contributed by atoms with Crippen LogP contribution in [0.15, 0.2) is 16.8 Å². The third kappa shape index (κ3) is 2.61. The summed E-state index contributed by atoms with van der Waals surface area (Å²) in [5.41, 5.74) is 4.22. The summed E-state index contributed by atoms with van der Waals surface area (Å²) >= 11 is 1.71. The van der Waals surface area contributed by atoms with Crippen LogP contribution in [0, 0.1) is 0 Å². The van der Waals surface area contributed by atoms with E-state index in [2.05, 4.69) is 29.2 Å². The molecular weight excluding hydrogens is 158 g/mol. The molecule has 0 aliphatic heterocycles. The summed E-state index contributed by atoms with van der Waals surface area (Å²) in [6.45, 7) is 4.75. The van der Waals surface area contributed by atoms with Crippen molar-refractivity contribution in [1.82, 2.24) is 5.48 Å². The van der Waals surface area contributed by atoms with E-state index in [1.165, 1.54) is 5.56 Å². The van der Waals surface area contributed by atoms with Crippen LogP contribution < -0.4 is 5.48 Å². The monoisotopic (exact) mass is 171 g/mol. The van der Waals surface area contributed by atoms with Crippen molar-refractivity contribution in [2.24, 2.45) is 0 Å². The lowest BCUT2D eigenvalue weighted by Gasteiger charge is -2.10. The van der Waals surface area contributed by atoms with Gasteiger partial charge in [-0.15, -0.1) is 0 Å². The van der Waals surface area contributed by atoms with Gasteiger partial charge < -0.3 is 4.84 Å². The molecule has 0 aromatic carbocycles. The van der Waals surface area contributed by atoms with Crippen LogP contribution in [0.25, 0.3) is 0 Å². The lowest BCUT2D eigenvalue weighted by atomic mass is 10.2. The molecule has 1 aromatic heterocycles. The van der Waals surface area contributed by atoms with Gasteiger partial charge in [0.05, 0.1) is 12.6 Å². The molecule has 0 fully saturated rings. The van der Waals surface area contributed by atoms with Crippen molar-refractivity contribution in [3.8, 4) is 0 Å². The summed E-state index contributed by atoms with van der Waals surface area (Å²) < 4.78 is 0. The molecule has 1 aromatic rings. The fourth-order valence-electron chi connectivity index (χ4n) is 0.798. The van der Waals surface area contributed by atoms with E-state index in [-0.39, 0.29) is 0 Å². The lowest BCUT2D eigenvalue weighted by molar-refractivity contribution is 0.0286. The maximum Gasteiger partial charge on any atom is 0.0654 e. The van der Waals surface area contributed by atoms with Gasteiger partial charge in [0.1, 0.15) is 0 Å². The predicted octanol–water partition coefficient (Wildman–Crippen LogP) is 2.35. The zero-order valence-electron chi connectivity index (χ0n) is 6.83. The largest absolute Gasteiger partial charge is 0.302 e. The summed E-state index contributed by atoms with van der Waals surface area (Å²) in [5.74, 6) is 0. The molecule has 0 aliphatic carbocycles. The first-order valence-corrected chi connectivity index (χ1v) is 4.68. The minimum atomic E-state index is 0.293. The third-order valence-electron chi connectivity index (χ3n) is 1.45. The molecule has 11 heavy (non-hydrogen) atoms. The number of hydrogen-bond acceptors (Lipinski definition) is 3. The highest BCUT2D eigenvalue weighted by Crippen LogP contribution is 2.14. The molecule has 0 amide bonds.